The molecule has 0 aliphatic rings. The number of benzene rings is 1. The molecule has 1 N–H and O–H groups in total. The monoisotopic (exact) mass is 287 g/mol. The smallest absolute Gasteiger partial charge is 0.0361 e. The largest absolute Gasteiger partial charge is 0.310 e. The first kappa shape index (κ1) is 15.3. The molecule has 0 bridgehead atoms. The van der Waals surface area contributed by atoms with Gasteiger partial charge < -0.3 is 5.32 Å². The number of hydrogen-bond donors (Lipinski definition) is 1. The highest BCUT2D eigenvalue weighted by molar-refractivity contribution is 7.07. The van der Waals surface area contributed by atoms with Crippen LogP contribution in [0, 0.1) is 5.92 Å². The van der Waals surface area contributed by atoms with Crippen LogP contribution in [0.2, 0.25) is 0 Å². The van der Waals surface area contributed by atoms with Crippen molar-refractivity contribution in [2.45, 2.75) is 39.7 Å². The lowest BCUT2D eigenvalue weighted by molar-refractivity contribution is 0.549. The fourth-order valence-corrected chi connectivity index (χ4v) is 3.29. The number of thiophene rings is 1. The molecular weight excluding hydrogens is 262 g/mol. The normalized spacial score (nSPS) is 12.8. The minimum Gasteiger partial charge on any atom is -0.310 e. The molecule has 1 nitrogen and oxygen atoms in total. The highest BCUT2D eigenvalue weighted by Gasteiger charge is 2.12. The van der Waals surface area contributed by atoms with E-state index in [1.54, 1.807) is 11.3 Å². The Labute approximate surface area is 127 Å². The summed E-state index contributed by atoms with van der Waals surface area (Å²) in [7, 11) is 0. The van der Waals surface area contributed by atoms with Crippen LogP contribution in [0.5, 0.6) is 0 Å². The summed E-state index contributed by atoms with van der Waals surface area (Å²) in [6, 6.07) is 11.7. The second-order valence-corrected chi connectivity index (χ2v) is 6.57. The molecule has 0 saturated carbocycles. The lowest BCUT2D eigenvalue weighted by Gasteiger charge is -2.19. The van der Waals surface area contributed by atoms with Crippen LogP contribution in [-0.4, -0.2) is 6.54 Å². The Bertz CT molecular complexity index is 502. The standard InChI is InChI=1S/C18H25NS/c1-4-19-18(12-16-8-9-20-13-16)17-7-5-6-15(11-17)10-14(2)3/h5-9,11,13-14,18-19H,4,10,12H2,1-3H3. The van der Waals surface area contributed by atoms with E-state index in [0.29, 0.717) is 12.0 Å². The van der Waals surface area contributed by atoms with Gasteiger partial charge in [0.2, 0.25) is 0 Å². The molecule has 2 rings (SSSR count). The van der Waals surface area contributed by atoms with Crippen molar-refractivity contribution >= 4 is 11.3 Å². The third-order valence-corrected chi connectivity index (χ3v) is 4.20. The van der Waals surface area contributed by atoms with Gasteiger partial charge in [-0.1, -0.05) is 45.0 Å². The highest BCUT2D eigenvalue weighted by atomic mass is 32.1. The summed E-state index contributed by atoms with van der Waals surface area (Å²) >= 11 is 1.78. The zero-order valence-electron chi connectivity index (χ0n) is 12.7. The van der Waals surface area contributed by atoms with Crippen LogP contribution in [0.4, 0.5) is 0 Å². The average Bonchev–Trinajstić information content (AvgIpc) is 2.91. The van der Waals surface area contributed by atoms with Crippen LogP contribution < -0.4 is 5.32 Å². The van der Waals surface area contributed by atoms with Gasteiger partial charge in [-0.05, 0) is 58.8 Å². The molecule has 2 heteroatoms. The van der Waals surface area contributed by atoms with Gasteiger partial charge in [-0.2, -0.15) is 11.3 Å². The zero-order chi connectivity index (χ0) is 14.4. The van der Waals surface area contributed by atoms with Crippen LogP contribution in [-0.2, 0) is 12.8 Å². The number of rotatable bonds is 7. The van der Waals surface area contributed by atoms with E-state index in [-0.39, 0.29) is 0 Å². The van der Waals surface area contributed by atoms with E-state index < -0.39 is 0 Å². The second-order valence-electron chi connectivity index (χ2n) is 5.79. The quantitative estimate of drug-likeness (QED) is 0.768. The molecule has 0 aliphatic carbocycles. The second kappa shape index (κ2) is 7.61. The van der Waals surface area contributed by atoms with Gasteiger partial charge in [-0.3, -0.25) is 0 Å². The molecule has 0 saturated heterocycles. The maximum absolute atomic E-state index is 3.62. The molecule has 0 fully saturated rings. The van der Waals surface area contributed by atoms with E-state index in [2.05, 4.69) is 67.2 Å². The first-order valence-electron chi connectivity index (χ1n) is 7.52. The Balaban J connectivity index is 2.15. The Kier molecular flexibility index (Phi) is 5.81. The molecule has 1 heterocycles. The van der Waals surface area contributed by atoms with E-state index in [0.717, 1.165) is 19.4 Å². The van der Waals surface area contributed by atoms with Crippen LogP contribution in [0.3, 0.4) is 0 Å². The van der Waals surface area contributed by atoms with Crippen molar-refractivity contribution in [3.05, 3.63) is 57.8 Å². The molecule has 0 spiro atoms. The minimum atomic E-state index is 0.418. The van der Waals surface area contributed by atoms with Crippen molar-refractivity contribution in [1.82, 2.24) is 5.32 Å². The van der Waals surface area contributed by atoms with Gasteiger partial charge in [0.1, 0.15) is 0 Å². The molecule has 1 aromatic carbocycles. The van der Waals surface area contributed by atoms with Gasteiger partial charge in [0.05, 0.1) is 0 Å². The molecule has 0 amide bonds. The summed E-state index contributed by atoms with van der Waals surface area (Å²) < 4.78 is 0. The summed E-state index contributed by atoms with van der Waals surface area (Å²) in [6.07, 6.45) is 2.23. The molecular formula is C18H25NS. The third kappa shape index (κ3) is 4.46. The third-order valence-electron chi connectivity index (χ3n) is 3.47. The van der Waals surface area contributed by atoms with Crippen molar-refractivity contribution in [3.63, 3.8) is 0 Å². The molecule has 20 heavy (non-hydrogen) atoms. The molecule has 2 aromatic rings. The first-order chi connectivity index (χ1) is 9.69. The zero-order valence-corrected chi connectivity index (χ0v) is 13.5. The molecule has 0 aliphatic heterocycles. The highest BCUT2D eigenvalue weighted by Crippen LogP contribution is 2.22. The van der Waals surface area contributed by atoms with Crippen LogP contribution in [0.1, 0.15) is 43.5 Å². The van der Waals surface area contributed by atoms with E-state index in [4.69, 9.17) is 0 Å². The van der Waals surface area contributed by atoms with Crippen molar-refractivity contribution in [3.8, 4) is 0 Å². The Morgan fingerprint density at radius 2 is 1.95 bits per heavy atom. The van der Waals surface area contributed by atoms with Gasteiger partial charge in [0.15, 0.2) is 0 Å². The molecule has 1 atom stereocenters. The Morgan fingerprint density at radius 1 is 1.10 bits per heavy atom. The topological polar surface area (TPSA) is 12.0 Å². The fraction of sp³-hybridized carbons (Fsp3) is 0.444. The lowest BCUT2D eigenvalue weighted by Crippen LogP contribution is -2.23. The Hall–Kier alpha value is -1.12. The van der Waals surface area contributed by atoms with Crippen molar-refractivity contribution in [2.24, 2.45) is 5.92 Å². The summed E-state index contributed by atoms with van der Waals surface area (Å²) in [4.78, 5) is 0. The van der Waals surface area contributed by atoms with E-state index in [9.17, 15) is 0 Å². The summed E-state index contributed by atoms with van der Waals surface area (Å²) in [6.45, 7) is 7.74. The van der Waals surface area contributed by atoms with Gasteiger partial charge in [-0.15, -0.1) is 0 Å². The maximum Gasteiger partial charge on any atom is 0.0361 e. The molecule has 1 unspecified atom stereocenters. The van der Waals surface area contributed by atoms with Gasteiger partial charge in [-0.25, -0.2) is 0 Å². The van der Waals surface area contributed by atoms with Gasteiger partial charge in [0, 0.05) is 6.04 Å². The van der Waals surface area contributed by atoms with Crippen molar-refractivity contribution in [1.29, 1.82) is 0 Å². The van der Waals surface area contributed by atoms with Crippen LogP contribution in [0.15, 0.2) is 41.1 Å². The minimum absolute atomic E-state index is 0.418. The van der Waals surface area contributed by atoms with Crippen LogP contribution >= 0.6 is 11.3 Å². The van der Waals surface area contributed by atoms with E-state index >= 15 is 0 Å². The Morgan fingerprint density at radius 3 is 2.60 bits per heavy atom. The predicted octanol–water partition coefficient (Wildman–Crippen LogP) is 4.84. The number of nitrogens with one attached hydrogen (secondary N) is 1. The SMILES string of the molecule is CCNC(Cc1ccsc1)c1cccc(CC(C)C)c1. The van der Waals surface area contributed by atoms with Crippen LogP contribution in [0.25, 0.3) is 0 Å². The maximum atomic E-state index is 3.62. The van der Waals surface area contributed by atoms with Crippen molar-refractivity contribution in [2.75, 3.05) is 6.54 Å². The average molecular weight is 287 g/mol. The molecule has 0 radical (unpaired) electrons. The van der Waals surface area contributed by atoms with Gasteiger partial charge in [0.25, 0.3) is 0 Å². The van der Waals surface area contributed by atoms with Gasteiger partial charge >= 0.3 is 0 Å². The summed E-state index contributed by atoms with van der Waals surface area (Å²) in [5.74, 6) is 0.708. The van der Waals surface area contributed by atoms with E-state index in [1.165, 1.54) is 16.7 Å². The first-order valence-corrected chi connectivity index (χ1v) is 8.46. The summed E-state index contributed by atoms with van der Waals surface area (Å²) in [5, 5.41) is 8.03. The fourth-order valence-electron chi connectivity index (χ4n) is 2.61. The number of likely N-dealkylation sites (N-methyl/N-ethyl adjacent to an activating group) is 1. The summed E-state index contributed by atoms with van der Waals surface area (Å²) in [5.41, 5.74) is 4.29. The van der Waals surface area contributed by atoms with E-state index in [1.807, 2.05) is 0 Å². The number of hydrogen-bond acceptors (Lipinski definition) is 2. The van der Waals surface area contributed by atoms with Crippen molar-refractivity contribution < 1.29 is 0 Å². The predicted molar refractivity (Wildman–Crippen MR) is 89.4 cm³/mol. The molecule has 108 valence electrons. The lowest BCUT2D eigenvalue weighted by atomic mass is 9.95. The molecule has 1 aromatic heterocycles.